The largest absolute Gasteiger partial charge is 0.378 e. The quantitative estimate of drug-likeness (QED) is 0.878. The molecule has 1 unspecified atom stereocenters. The average molecular weight is 271 g/mol. The maximum Gasteiger partial charge on any atom is 0.0992 e. The summed E-state index contributed by atoms with van der Waals surface area (Å²) >= 11 is 5.88. The summed E-state index contributed by atoms with van der Waals surface area (Å²) in [6.07, 6.45) is 0. The topological polar surface area (TPSA) is 35.8 Å². The Kier molecular flexibility index (Phi) is 4.09. The molecule has 0 saturated carbocycles. The van der Waals surface area contributed by atoms with Crippen molar-refractivity contribution in [2.24, 2.45) is 0 Å². The highest BCUT2D eigenvalue weighted by Crippen LogP contribution is 2.24. The number of nitriles is 1. The molecule has 1 N–H and O–H groups in total. The van der Waals surface area contributed by atoms with Crippen molar-refractivity contribution in [2.45, 2.75) is 19.9 Å². The van der Waals surface area contributed by atoms with E-state index < -0.39 is 0 Å². The van der Waals surface area contributed by atoms with Gasteiger partial charge in [0.2, 0.25) is 0 Å². The lowest BCUT2D eigenvalue weighted by molar-refractivity contribution is 0.882. The Balaban J connectivity index is 2.21. The zero-order valence-corrected chi connectivity index (χ0v) is 11.7. The summed E-state index contributed by atoms with van der Waals surface area (Å²) in [6, 6.07) is 15.7. The van der Waals surface area contributed by atoms with E-state index in [1.165, 1.54) is 0 Å². The molecule has 3 heteroatoms. The number of hydrogen-bond acceptors (Lipinski definition) is 2. The van der Waals surface area contributed by atoms with E-state index in [4.69, 9.17) is 16.9 Å². The lowest BCUT2D eigenvalue weighted by Gasteiger charge is -2.17. The molecule has 0 aliphatic heterocycles. The van der Waals surface area contributed by atoms with Gasteiger partial charge in [-0.15, -0.1) is 0 Å². The van der Waals surface area contributed by atoms with Gasteiger partial charge in [0.05, 0.1) is 11.6 Å². The molecule has 0 aliphatic carbocycles. The van der Waals surface area contributed by atoms with Crippen LogP contribution in [0.4, 0.5) is 5.69 Å². The molecule has 2 aromatic rings. The first kappa shape index (κ1) is 13.5. The van der Waals surface area contributed by atoms with Gasteiger partial charge in [0.1, 0.15) is 0 Å². The highest BCUT2D eigenvalue weighted by atomic mass is 35.5. The molecule has 0 radical (unpaired) electrons. The van der Waals surface area contributed by atoms with Crippen LogP contribution >= 0.6 is 11.6 Å². The Hall–Kier alpha value is -1.98. The fraction of sp³-hybridized carbons (Fsp3) is 0.188. The zero-order valence-electron chi connectivity index (χ0n) is 10.9. The molecular weight excluding hydrogens is 256 g/mol. The van der Waals surface area contributed by atoms with Crippen molar-refractivity contribution < 1.29 is 0 Å². The Morgan fingerprint density at radius 1 is 1.16 bits per heavy atom. The third-order valence-electron chi connectivity index (χ3n) is 3.11. The minimum atomic E-state index is 0.157. The van der Waals surface area contributed by atoms with E-state index in [9.17, 15) is 0 Å². The smallest absolute Gasteiger partial charge is 0.0992 e. The van der Waals surface area contributed by atoms with Crippen molar-refractivity contribution in [1.29, 1.82) is 5.26 Å². The first-order valence-corrected chi connectivity index (χ1v) is 6.50. The molecule has 96 valence electrons. The molecule has 0 saturated heterocycles. The van der Waals surface area contributed by atoms with Crippen LogP contribution in [0.2, 0.25) is 5.02 Å². The van der Waals surface area contributed by atoms with Gasteiger partial charge in [-0.05, 0) is 49.2 Å². The first-order valence-electron chi connectivity index (χ1n) is 6.13. The third kappa shape index (κ3) is 3.27. The van der Waals surface area contributed by atoms with Crippen LogP contribution in [-0.2, 0) is 0 Å². The molecule has 0 amide bonds. The lowest BCUT2D eigenvalue weighted by Crippen LogP contribution is -2.07. The van der Waals surface area contributed by atoms with Gasteiger partial charge in [-0.1, -0.05) is 29.8 Å². The molecule has 19 heavy (non-hydrogen) atoms. The maximum absolute atomic E-state index is 8.94. The molecule has 0 spiro atoms. The summed E-state index contributed by atoms with van der Waals surface area (Å²) in [7, 11) is 0. The fourth-order valence-corrected chi connectivity index (χ4v) is 2.04. The standard InChI is InChI=1S/C16H15ClN2/c1-11-3-4-13(10-18)9-16(11)19-12(2)14-5-7-15(17)8-6-14/h3-9,12,19H,1-2H3. The first-order chi connectivity index (χ1) is 9.10. The van der Waals surface area contributed by atoms with Gasteiger partial charge in [-0.3, -0.25) is 0 Å². The SMILES string of the molecule is Cc1ccc(C#N)cc1NC(C)c1ccc(Cl)cc1. The van der Waals surface area contributed by atoms with Crippen molar-refractivity contribution >= 4 is 17.3 Å². The van der Waals surface area contributed by atoms with Crippen molar-refractivity contribution in [2.75, 3.05) is 5.32 Å². The number of benzene rings is 2. The summed E-state index contributed by atoms with van der Waals surface area (Å²) in [5.74, 6) is 0. The second kappa shape index (κ2) is 5.77. The highest BCUT2D eigenvalue weighted by Gasteiger charge is 2.07. The van der Waals surface area contributed by atoms with Crippen LogP contribution in [0.1, 0.15) is 29.7 Å². The van der Waals surface area contributed by atoms with Gasteiger partial charge in [-0.2, -0.15) is 5.26 Å². The van der Waals surface area contributed by atoms with Crippen molar-refractivity contribution in [3.05, 3.63) is 64.2 Å². The van der Waals surface area contributed by atoms with Crippen molar-refractivity contribution in [1.82, 2.24) is 0 Å². The second-order valence-corrected chi connectivity index (χ2v) is 5.00. The van der Waals surface area contributed by atoms with Crippen LogP contribution in [0.15, 0.2) is 42.5 Å². The van der Waals surface area contributed by atoms with Crippen LogP contribution in [0.3, 0.4) is 0 Å². The minimum absolute atomic E-state index is 0.157. The summed E-state index contributed by atoms with van der Waals surface area (Å²) in [4.78, 5) is 0. The Labute approximate surface area is 118 Å². The molecule has 2 aromatic carbocycles. The molecule has 0 fully saturated rings. The monoisotopic (exact) mass is 270 g/mol. The van der Waals surface area contributed by atoms with Crippen LogP contribution < -0.4 is 5.32 Å². The number of hydrogen-bond donors (Lipinski definition) is 1. The predicted octanol–water partition coefficient (Wildman–Crippen LogP) is 4.69. The molecule has 2 nitrogen and oxygen atoms in total. The van der Waals surface area contributed by atoms with Gasteiger partial charge in [0, 0.05) is 16.8 Å². The summed E-state index contributed by atoms with van der Waals surface area (Å²) < 4.78 is 0. The summed E-state index contributed by atoms with van der Waals surface area (Å²) in [5.41, 5.74) is 3.93. The Morgan fingerprint density at radius 2 is 1.84 bits per heavy atom. The van der Waals surface area contributed by atoms with Crippen molar-refractivity contribution in [3.63, 3.8) is 0 Å². The summed E-state index contributed by atoms with van der Waals surface area (Å²) in [5, 5.41) is 13.1. The second-order valence-electron chi connectivity index (χ2n) is 4.56. The van der Waals surface area contributed by atoms with E-state index >= 15 is 0 Å². The molecule has 1 atom stereocenters. The minimum Gasteiger partial charge on any atom is -0.378 e. The van der Waals surface area contributed by atoms with E-state index in [0.717, 1.165) is 21.8 Å². The molecule has 0 aromatic heterocycles. The Bertz CT molecular complexity index is 612. The number of halogens is 1. The predicted molar refractivity (Wildman–Crippen MR) is 79.4 cm³/mol. The van der Waals surface area contributed by atoms with E-state index in [1.54, 1.807) is 0 Å². The van der Waals surface area contributed by atoms with Crippen LogP contribution in [0, 0.1) is 18.3 Å². The number of rotatable bonds is 3. The van der Waals surface area contributed by atoms with E-state index in [1.807, 2.05) is 49.4 Å². The number of anilines is 1. The van der Waals surface area contributed by atoms with Gasteiger partial charge in [0.15, 0.2) is 0 Å². The van der Waals surface area contributed by atoms with Gasteiger partial charge in [0.25, 0.3) is 0 Å². The van der Waals surface area contributed by atoms with Gasteiger partial charge in [-0.25, -0.2) is 0 Å². The lowest BCUT2D eigenvalue weighted by atomic mass is 10.1. The van der Waals surface area contributed by atoms with Gasteiger partial charge >= 0.3 is 0 Å². The van der Waals surface area contributed by atoms with Gasteiger partial charge < -0.3 is 5.32 Å². The maximum atomic E-state index is 8.94. The molecule has 2 rings (SSSR count). The van der Waals surface area contributed by atoms with E-state index in [0.29, 0.717) is 5.56 Å². The highest BCUT2D eigenvalue weighted by molar-refractivity contribution is 6.30. The fourth-order valence-electron chi connectivity index (χ4n) is 1.92. The Morgan fingerprint density at radius 3 is 2.47 bits per heavy atom. The van der Waals surface area contributed by atoms with E-state index in [-0.39, 0.29) is 6.04 Å². The van der Waals surface area contributed by atoms with Crippen LogP contribution in [0.5, 0.6) is 0 Å². The normalized spacial score (nSPS) is 11.7. The zero-order chi connectivity index (χ0) is 13.8. The summed E-state index contributed by atoms with van der Waals surface area (Å²) in [6.45, 7) is 4.11. The number of nitrogens with zero attached hydrogens (tertiary/aromatic N) is 1. The third-order valence-corrected chi connectivity index (χ3v) is 3.36. The molecular formula is C16H15ClN2. The molecule has 0 bridgehead atoms. The van der Waals surface area contributed by atoms with E-state index in [2.05, 4.69) is 18.3 Å². The number of nitrogens with one attached hydrogen (secondary N) is 1. The van der Waals surface area contributed by atoms with Crippen LogP contribution in [0.25, 0.3) is 0 Å². The molecule has 0 heterocycles. The van der Waals surface area contributed by atoms with Crippen LogP contribution in [-0.4, -0.2) is 0 Å². The molecule has 0 aliphatic rings. The van der Waals surface area contributed by atoms with Crippen molar-refractivity contribution in [3.8, 4) is 6.07 Å². The number of aryl methyl sites for hydroxylation is 1. The average Bonchev–Trinajstić information content (AvgIpc) is 2.42.